The van der Waals surface area contributed by atoms with Gasteiger partial charge in [-0.2, -0.15) is 0 Å². The highest BCUT2D eigenvalue weighted by molar-refractivity contribution is 5.97. The first kappa shape index (κ1) is 22.0. The molecule has 0 bridgehead atoms. The first-order valence-corrected chi connectivity index (χ1v) is 11.7. The molecule has 6 nitrogen and oxygen atoms in total. The van der Waals surface area contributed by atoms with Crippen molar-refractivity contribution in [1.29, 1.82) is 0 Å². The molecule has 0 radical (unpaired) electrons. The number of aromatic nitrogens is 2. The number of hydrogen-bond acceptors (Lipinski definition) is 4. The van der Waals surface area contributed by atoms with E-state index in [2.05, 4.69) is 29.7 Å². The number of amides is 1. The summed E-state index contributed by atoms with van der Waals surface area (Å²) in [5.41, 5.74) is 4.08. The van der Waals surface area contributed by atoms with E-state index in [1.54, 1.807) is 7.11 Å². The first-order valence-electron chi connectivity index (χ1n) is 11.7. The summed E-state index contributed by atoms with van der Waals surface area (Å²) in [5.74, 6) is 2.66. The molecule has 34 heavy (non-hydrogen) atoms. The Morgan fingerprint density at radius 3 is 2.59 bits per heavy atom. The number of aryl methyl sites for hydroxylation is 2. The zero-order chi connectivity index (χ0) is 23.5. The maximum Gasteiger partial charge on any atom is 0.227 e. The lowest BCUT2D eigenvalue weighted by atomic mass is 10.1. The van der Waals surface area contributed by atoms with Crippen LogP contribution in [0.15, 0.2) is 72.8 Å². The molecule has 1 aliphatic rings. The Labute approximate surface area is 199 Å². The molecule has 1 atom stereocenters. The summed E-state index contributed by atoms with van der Waals surface area (Å²) in [4.78, 5) is 19.8. The lowest BCUT2D eigenvalue weighted by Gasteiger charge is -2.19. The highest BCUT2D eigenvalue weighted by Crippen LogP contribution is 2.37. The molecule has 1 saturated heterocycles. The van der Waals surface area contributed by atoms with Gasteiger partial charge in [0.05, 0.1) is 30.4 Å². The van der Waals surface area contributed by atoms with Crippen LogP contribution in [0.5, 0.6) is 11.5 Å². The van der Waals surface area contributed by atoms with Crippen LogP contribution in [0.3, 0.4) is 0 Å². The van der Waals surface area contributed by atoms with E-state index in [1.807, 2.05) is 59.5 Å². The molecule has 0 spiro atoms. The average Bonchev–Trinajstić information content (AvgIpc) is 3.43. The fourth-order valence-electron chi connectivity index (χ4n) is 4.65. The number of para-hydroxylation sites is 4. The van der Waals surface area contributed by atoms with Crippen molar-refractivity contribution in [2.24, 2.45) is 0 Å². The van der Waals surface area contributed by atoms with E-state index in [-0.39, 0.29) is 11.8 Å². The average molecular weight is 456 g/mol. The number of carbonyl (C=O) groups is 1. The standard InChI is InChI=1S/C28H29N3O3/c1-20-12-14-22(15-13-20)34-17-7-16-30-24-9-4-3-8-23(24)29-28(30)21-18-27(32)31(19-21)25-10-5-6-11-26(25)33-2/h3-6,8-15,21H,7,16-19H2,1-2H3. The number of hydrogen-bond donors (Lipinski definition) is 0. The second-order valence-corrected chi connectivity index (χ2v) is 8.70. The summed E-state index contributed by atoms with van der Waals surface area (Å²) in [5, 5.41) is 0. The fraction of sp³-hybridized carbons (Fsp3) is 0.286. The molecule has 1 fully saturated rings. The Balaban J connectivity index is 1.35. The molecular weight excluding hydrogens is 426 g/mol. The third-order valence-electron chi connectivity index (χ3n) is 6.37. The van der Waals surface area contributed by atoms with E-state index < -0.39 is 0 Å². The van der Waals surface area contributed by atoms with Gasteiger partial charge in [-0.15, -0.1) is 0 Å². The summed E-state index contributed by atoms with van der Waals surface area (Å²) in [7, 11) is 1.63. The van der Waals surface area contributed by atoms with Gasteiger partial charge in [-0.05, 0) is 49.7 Å². The minimum absolute atomic E-state index is 0.0165. The maximum absolute atomic E-state index is 13.0. The highest BCUT2D eigenvalue weighted by Gasteiger charge is 2.35. The molecule has 2 heterocycles. The van der Waals surface area contributed by atoms with Gasteiger partial charge >= 0.3 is 0 Å². The topological polar surface area (TPSA) is 56.6 Å². The van der Waals surface area contributed by atoms with Crippen LogP contribution in [-0.4, -0.2) is 35.7 Å². The molecular formula is C28H29N3O3. The van der Waals surface area contributed by atoms with Crippen LogP contribution < -0.4 is 14.4 Å². The summed E-state index contributed by atoms with van der Waals surface area (Å²) in [6.45, 7) is 4.05. The van der Waals surface area contributed by atoms with Gasteiger partial charge in [0.2, 0.25) is 5.91 Å². The van der Waals surface area contributed by atoms with E-state index in [9.17, 15) is 4.79 Å². The maximum atomic E-state index is 13.0. The molecule has 1 amide bonds. The second kappa shape index (κ2) is 9.59. The SMILES string of the molecule is COc1ccccc1N1CC(c2nc3ccccc3n2CCCOc2ccc(C)cc2)CC1=O. The predicted molar refractivity (Wildman–Crippen MR) is 134 cm³/mol. The van der Waals surface area contributed by atoms with Gasteiger partial charge in [-0.1, -0.05) is 42.0 Å². The van der Waals surface area contributed by atoms with Crippen LogP contribution in [0, 0.1) is 6.92 Å². The Bertz CT molecular complexity index is 1300. The summed E-state index contributed by atoms with van der Waals surface area (Å²) in [6, 6.07) is 24.0. The number of fused-ring (bicyclic) bond motifs is 1. The third kappa shape index (κ3) is 4.36. The van der Waals surface area contributed by atoms with Crippen LogP contribution in [0.25, 0.3) is 11.0 Å². The number of imidazole rings is 1. The van der Waals surface area contributed by atoms with Crippen molar-refractivity contribution >= 4 is 22.6 Å². The van der Waals surface area contributed by atoms with E-state index in [1.165, 1.54) is 5.56 Å². The number of methoxy groups -OCH3 is 1. The van der Waals surface area contributed by atoms with E-state index in [0.29, 0.717) is 25.3 Å². The molecule has 6 heteroatoms. The molecule has 3 aromatic carbocycles. The van der Waals surface area contributed by atoms with Crippen molar-refractivity contribution in [2.75, 3.05) is 25.2 Å². The van der Waals surface area contributed by atoms with Gasteiger partial charge in [0, 0.05) is 25.4 Å². The van der Waals surface area contributed by atoms with Gasteiger partial charge in [0.15, 0.2) is 0 Å². The zero-order valence-corrected chi connectivity index (χ0v) is 19.6. The first-order chi connectivity index (χ1) is 16.6. The van der Waals surface area contributed by atoms with Crippen LogP contribution >= 0.6 is 0 Å². The van der Waals surface area contributed by atoms with Crippen LogP contribution in [0.2, 0.25) is 0 Å². The Kier molecular flexibility index (Phi) is 6.21. The molecule has 1 aromatic heterocycles. The van der Waals surface area contributed by atoms with Crippen molar-refractivity contribution in [2.45, 2.75) is 32.2 Å². The zero-order valence-electron chi connectivity index (χ0n) is 19.6. The van der Waals surface area contributed by atoms with Gasteiger partial charge < -0.3 is 18.9 Å². The van der Waals surface area contributed by atoms with E-state index in [0.717, 1.165) is 41.3 Å². The number of nitrogens with zero attached hydrogens (tertiary/aromatic N) is 3. The largest absolute Gasteiger partial charge is 0.495 e. The minimum Gasteiger partial charge on any atom is -0.495 e. The Morgan fingerprint density at radius 1 is 1.00 bits per heavy atom. The van der Waals surface area contributed by atoms with Gasteiger partial charge in [-0.3, -0.25) is 4.79 Å². The molecule has 1 aliphatic heterocycles. The molecule has 174 valence electrons. The molecule has 0 saturated carbocycles. The summed E-state index contributed by atoms with van der Waals surface area (Å²) >= 11 is 0. The number of carbonyl (C=O) groups excluding carboxylic acids is 1. The lowest BCUT2D eigenvalue weighted by molar-refractivity contribution is -0.117. The van der Waals surface area contributed by atoms with Crippen LogP contribution in [0.4, 0.5) is 5.69 Å². The van der Waals surface area contributed by atoms with Gasteiger partial charge in [0.25, 0.3) is 0 Å². The summed E-state index contributed by atoms with van der Waals surface area (Å²) in [6.07, 6.45) is 1.28. The van der Waals surface area contributed by atoms with Gasteiger partial charge in [-0.25, -0.2) is 4.98 Å². The van der Waals surface area contributed by atoms with E-state index >= 15 is 0 Å². The van der Waals surface area contributed by atoms with Crippen molar-refractivity contribution < 1.29 is 14.3 Å². The second-order valence-electron chi connectivity index (χ2n) is 8.70. The van der Waals surface area contributed by atoms with E-state index in [4.69, 9.17) is 14.5 Å². The Morgan fingerprint density at radius 2 is 1.76 bits per heavy atom. The quantitative estimate of drug-likeness (QED) is 0.337. The Hall–Kier alpha value is -3.80. The molecule has 0 aliphatic carbocycles. The minimum atomic E-state index is 0.0165. The predicted octanol–water partition coefficient (Wildman–Crippen LogP) is 5.34. The van der Waals surface area contributed by atoms with Crippen molar-refractivity contribution in [3.8, 4) is 11.5 Å². The van der Waals surface area contributed by atoms with Crippen LogP contribution in [0.1, 0.15) is 30.1 Å². The fourth-order valence-corrected chi connectivity index (χ4v) is 4.65. The number of benzene rings is 3. The van der Waals surface area contributed by atoms with Gasteiger partial charge in [0.1, 0.15) is 17.3 Å². The normalized spacial score (nSPS) is 15.8. The van der Waals surface area contributed by atoms with Crippen molar-refractivity contribution in [3.63, 3.8) is 0 Å². The third-order valence-corrected chi connectivity index (χ3v) is 6.37. The molecule has 5 rings (SSSR count). The monoisotopic (exact) mass is 455 g/mol. The lowest BCUT2D eigenvalue weighted by Crippen LogP contribution is -2.25. The number of rotatable bonds is 8. The molecule has 0 N–H and O–H groups in total. The number of ether oxygens (including phenoxy) is 2. The number of anilines is 1. The van der Waals surface area contributed by atoms with Crippen LogP contribution in [-0.2, 0) is 11.3 Å². The van der Waals surface area contributed by atoms with Crippen molar-refractivity contribution in [1.82, 2.24) is 9.55 Å². The molecule has 4 aromatic rings. The summed E-state index contributed by atoms with van der Waals surface area (Å²) < 4.78 is 13.7. The smallest absolute Gasteiger partial charge is 0.227 e. The molecule has 1 unspecified atom stereocenters. The van der Waals surface area contributed by atoms with Crippen molar-refractivity contribution in [3.05, 3.63) is 84.2 Å². The highest BCUT2D eigenvalue weighted by atomic mass is 16.5.